The topological polar surface area (TPSA) is 67.0 Å². The molecule has 0 fully saturated rings. The van der Waals surface area contributed by atoms with E-state index in [0.717, 1.165) is 39.2 Å². The van der Waals surface area contributed by atoms with Gasteiger partial charge >= 0.3 is 5.97 Å². The summed E-state index contributed by atoms with van der Waals surface area (Å²) in [6.45, 7) is 11.1. The van der Waals surface area contributed by atoms with Crippen LogP contribution >= 0.6 is 11.3 Å². The third-order valence-electron chi connectivity index (χ3n) is 3.52. The lowest BCUT2D eigenvalue weighted by molar-refractivity contribution is 0.0599. The second-order valence-corrected chi connectivity index (χ2v) is 7.02. The number of rotatable bonds is 5. The number of carbonyl (C=O) groups excluding carboxylic acids is 1. The van der Waals surface area contributed by atoms with Crippen LogP contribution in [0.25, 0.3) is 11.4 Å². The molecule has 0 bridgehead atoms. The number of aromatic nitrogens is 2. The van der Waals surface area contributed by atoms with Crippen molar-refractivity contribution in [1.29, 1.82) is 0 Å². The van der Waals surface area contributed by atoms with Crippen molar-refractivity contribution in [1.82, 2.24) is 9.97 Å². The van der Waals surface area contributed by atoms with Crippen molar-refractivity contribution < 1.29 is 9.53 Å². The molecule has 22 heavy (non-hydrogen) atoms. The SMILES string of the molecule is COC(=O)c1c(C)[nH]c(-c2nc(NCC(C)C)sc2C)c1C. The van der Waals surface area contributed by atoms with Gasteiger partial charge < -0.3 is 15.0 Å². The molecule has 0 amide bonds. The lowest BCUT2D eigenvalue weighted by atomic mass is 10.1. The Morgan fingerprint density at radius 2 is 2.05 bits per heavy atom. The van der Waals surface area contributed by atoms with E-state index in [1.54, 1.807) is 11.3 Å². The van der Waals surface area contributed by atoms with Gasteiger partial charge in [0.05, 0.1) is 18.4 Å². The van der Waals surface area contributed by atoms with Crippen LogP contribution in [0.5, 0.6) is 0 Å². The summed E-state index contributed by atoms with van der Waals surface area (Å²) >= 11 is 1.63. The number of thiazole rings is 1. The highest BCUT2D eigenvalue weighted by molar-refractivity contribution is 7.16. The number of nitrogens with zero attached hydrogens (tertiary/aromatic N) is 1. The Hall–Kier alpha value is -1.82. The van der Waals surface area contributed by atoms with Gasteiger partial charge in [-0.3, -0.25) is 0 Å². The quantitative estimate of drug-likeness (QED) is 0.819. The van der Waals surface area contributed by atoms with Crippen LogP contribution < -0.4 is 5.32 Å². The number of aryl methyl sites for hydroxylation is 2. The first-order chi connectivity index (χ1) is 10.3. The van der Waals surface area contributed by atoms with Crippen molar-refractivity contribution in [3.05, 3.63) is 21.7 Å². The summed E-state index contributed by atoms with van der Waals surface area (Å²) in [5.74, 6) is 0.247. The predicted octanol–water partition coefficient (Wildman–Crippen LogP) is 3.92. The summed E-state index contributed by atoms with van der Waals surface area (Å²) in [7, 11) is 1.40. The number of hydrogen-bond donors (Lipinski definition) is 2. The second-order valence-electron chi connectivity index (χ2n) is 5.82. The van der Waals surface area contributed by atoms with Crippen molar-refractivity contribution in [2.75, 3.05) is 19.0 Å². The third-order valence-corrected chi connectivity index (χ3v) is 4.45. The van der Waals surface area contributed by atoms with Gasteiger partial charge in [-0.25, -0.2) is 9.78 Å². The van der Waals surface area contributed by atoms with Gasteiger partial charge in [-0.05, 0) is 32.3 Å². The van der Waals surface area contributed by atoms with Crippen molar-refractivity contribution in [2.45, 2.75) is 34.6 Å². The molecule has 0 spiro atoms. The Bertz CT molecular complexity index is 686. The Labute approximate surface area is 135 Å². The summed E-state index contributed by atoms with van der Waals surface area (Å²) in [5.41, 5.74) is 4.08. The highest BCUT2D eigenvalue weighted by atomic mass is 32.1. The van der Waals surface area contributed by atoms with Gasteiger partial charge in [-0.15, -0.1) is 11.3 Å². The molecule has 0 atom stereocenters. The molecule has 2 rings (SSSR count). The normalized spacial score (nSPS) is 11.0. The van der Waals surface area contributed by atoms with E-state index in [1.807, 2.05) is 20.8 Å². The zero-order valence-electron chi connectivity index (χ0n) is 14.0. The average molecular weight is 321 g/mol. The molecule has 0 aliphatic rings. The summed E-state index contributed by atoms with van der Waals surface area (Å²) in [5, 5.41) is 4.26. The molecular weight excluding hydrogens is 298 g/mol. The van der Waals surface area contributed by atoms with Gasteiger partial charge in [0.25, 0.3) is 0 Å². The summed E-state index contributed by atoms with van der Waals surface area (Å²) in [4.78, 5) is 21.0. The van der Waals surface area contributed by atoms with Crippen molar-refractivity contribution in [2.24, 2.45) is 5.92 Å². The summed E-state index contributed by atoms with van der Waals surface area (Å²) in [6.07, 6.45) is 0. The Morgan fingerprint density at radius 1 is 1.36 bits per heavy atom. The fraction of sp³-hybridized carbons (Fsp3) is 0.500. The first-order valence-corrected chi connectivity index (χ1v) is 8.15. The molecule has 5 nitrogen and oxygen atoms in total. The molecule has 6 heteroatoms. The van der Waals surface area contributed by atoms with Crippen molar-refractivity contribution in [3.63, 3.8) is 0 Å². The highest BCUT2D eigenvalue weighted by Gasteiger charge is 2.22. The standard InChI is InChI=1S/C16H23N3O2S/c1-8(2)7-17-16-19-14(11(5)22-16)13-9(3)12(10(4)18-13)15(20)21-6/h8,18H,7H2,1-6H3,(H,17,19). The molecule has 0 aliphatic heterocycles. The smallest absolute Gasteiger partial charge is 0.339 e. The first kappa shape index (κ1) is 16.5. The lowest BCUT2D eigenvalue weighted by Crippen LogP contribution is -2.07. The molecule has 2 heterocycles. The average Bonchev–Trinajstić information content (AvgIpc) is 2.96. The van der Waals surface area contributed by atoms with Crippen LogP contribution in [0.4, 0.5) is 5.13 Å². The summed E-state index contributed by atoms with van der Waals surface area (Å²) in [6, 6.07) is 0. The monoisotopic (exact) mass is 321 g/mol. The molecule has 120 valence electrons. The molecule has 0 radical (unpaired) electrons. The number of anilines is 1. The zero-order chi connectivity index (χ0) is 16.4. The Kier molecular flexibility index (Phi) is 4.90. The van der Waals surface area contributed by atoms with Crippen molar-refractivity contribution >= 4 is 22.4 Å². The maximum absolute atomic E-state index is 11.9. The first-order valence-electron chi connectivity index (χ1n) is 7.34. The number of aromatic amines is 1. The van der Waals surface area contributed by atoms with E-state index in [4.69, 9.17) is 4.74 Å². The fourth-order valence-corrected chi connectivity index (χ4v) is 3.22. The van der Waals surface area contributed by atoms with E-state index in [-0.39, 0.29) is 5.97 Å². The minimum Gasteiger partial charge on any atom is -0.465 e. The van der Waals surface area contributed by atoms with Crippen LogP contribution in [0, 0.1) is 26.7 Å². The van der Waals surface area contributed by atoms with Crippen molar-refractivity contribution in [3.8, 4) is 11.4 Å². The maximum Gasteiger partial charge on any atom is 0.339 e. The molecule has 0 unspecified atom stereocenters. The second kappa shape index (κ2) is 6.52. The van der Waals surface area contributed by atoms with E-state index in [2.05, 4.69) is 29.1 Å². The van der Waals surface area contributed by atoms with Crippen LogP contribution in [0.1, 0.15) is 40.3 Å². The number of carbonyl (C=O) groups is 1. The van der Waals surface area contributed by atoms with E-state index in [0.29, 0.717) is 11.5 Å². The highest BCUT2D eigenvalue weighted by Crippen LogP contribution is 2.34. The van der Waals surface area contributed by atoms with Crippen LogP contribution in [-0.4, -0.2) is 29.6 Å². The van der Waals surface area contributed by atoms with Gasteiger partial charge in [-0.1, -0.05) is 13.8 Å². The number of hydrogen-bond acceptors (Lipinski definition) is 5. The Balaban J connectivity index is 2.38. The lowest BCUT2D eigenvalue weighted by Gasteiger charge is -2.04. The van der Waals surface area contributed by atoms with Gasteiger partial charge in [0.2, 0.25) is 0 Å². The number of methoxy groups -OCH3 is 1. The van der Waals surface area contributed by atoms with Crippen LogP contribution in [0.3, 0.4) is 0 Å². The fourth-order valence-electron chi connectivity index (χ4n) is 2.39. The van der Waals surface area contributed by atoms with E-state index >= 15 is 0 Å². The van der Waals surface area contributed by atoms with Gasteiger partial charge in [-0.2, -0.15) is 0 Å². The minimum atomic E-state index is -0.316. The molecule has 0 aliphatic carbocycles. The van der Waals surface area contributed by atoms with E-state index < -0.39 is 0 Å². The van der Waals surface area contributed by atoms with E-state index in [9.17, 15) is 4.79 Å². The molecular formula is C16H23N3O2S. The van der Waals surface area contributed by atoms with Gasteiger partial charge in [0.15, 0.2) is 5.13 Å². The molecule has 0 saturated carbocycles. The molecule has 0 aromatic carbocycles. The number of H-pyrrole nitrogens is 1. The molecule has 2 aromatic heterocycles. The predicted molar refractivity (Wildman–Crippen MR) is 90.8 cm³/mol. The minimum absolute atomic E-state index is 0.316. The number of nitrogens with one attached hydrogen (secondary N) is 2. The Morgan fingerprint density at radius 3 is 2.64 bits per heavy atom. The van der Waals surface area contributed by atoms with Crippen LogP contribution in [-0.2, 0) is 4.74 Å². The van der Waals surface area contributed by atoms with Gasteiger partial charge in [0, 0.05) is 17.1 Å². The zero-order valence-corrected chi connectivity index (χ0v) is 14.8. The number of ether oxygens (including phenoxy) is 1. The van der Waals surface area contributed by atoms with E-state index in [1.165, 1.54) is 7.11 Å². The van der Waals surface area contributed by atoms with Crippen LogP contribution in [0.2, 0.25) is 0 Å². The van der Waals surface area contributed by atoms with Gasteiger partial charge in [0.1, 0.15) is 5.69 Å². The maximum atomic E-state index is 11.9. The molecule has 2 N–H and O–H groups in total. The van der Waals surface area contributed by atoms with Crippen LogP contribution in [0.15, 0.2) is 0 Å². The third kappa shape index (κ3) is 3.16. The molecule has 0 saturated heterocycles. The largest absolute Gasteiger partial charge is 0.465 e. The summed E-state index contributed by atoms with van der Waals surface area (Å²) < 4.78 is 4.86. The number of esters is 1. The molecule has 2 aromatic rings.